The summed E-state index contributed by atoms with van der Waals surface area (Å²) in [6, 6.07) is 6.94. The Bertz CT molecular complexity index is 693. The highest BCUT2D eigenvalue weighted by Gasteiger charge is 2.10. The number of nitrogens with zero attached hydrogens (tertiary/aromatic N) is 4. The molecule has 108 valence electrons. The van der Waals surface area contributed by atoms with E-state index >= 15 is 0 Å². The third-order valence-electron chi connectivity index (χ3n) is 2.57. The van der Waals surface area contributed by atoms with Gasteiger partial charge in [-0.3, -0.25) is 10.2 Å². The van der Waals surface area contributed by atoms with E-state index in [1.807, 2.05) is 11.5 Å². The number of hydrazine groups is 1. The highest BCUT2D eigenvalue weighted by atomic mass is 35.5. The average Bonchev–Trinajstić information content (AvgIpc) is 2.95. The molecule has 0 unspecified atom stereocenters. The van der Waals surface area contributed by atoms with Gasteiger partial charge in [0, 0.05) is 0 Å². The predicted molar refractivity (Wildman–Crippen MR) is 73.3 cm³/mol. The average molecular weight is 307 g/mol. The van der Waals surface area contributed by atoms with E-state index in [2.05, 4.69) is 10.3 Å². The first-order valence-corrected chi connectivity index (χ1v) is 6.26. The van der Waals surface area contributed by atoms with Crippen molar-refractivity contribution in [1.29, 1.82) is 5.26 Å². The molecule has 0 bridgehead atoms. The van der Waals surface area contributed by atoms with Gasteiger partial charge in [0.15, 0.2) is 5.69 Å². The number of nitrogens with two attached hydrogens (primary N) is 1. The van der Waals surface area contributed by atoms with Crippen molar-refractivity contribution in [2.45, 2.75) is 6.54 Å². The summed E-state index contributed by atoms with van der Waals surface area (Å²) in [5.41, 5.74) is 2.35. The summed E-state index contributed by atoms with van der Waals surface area (Å²) < 4.78 is 6.92. The molecule has 2 aromatic rings. The highest BCUT2D eigenvalue weighted by Crippen LogP contribution is 2.25. The molecule has 0 spiro atoms. The molecule has 8 nitrogen and oxygen atoms in total. The number of nitrogen functional groups attached to an aromatic ring is 1. The van der Waals surface area contributed by atoms with Gasteiger partial charge < -0.3 is 4.74 Å². The standard InChI is InChI=1S/C12H11ClN6O2/c13-9-2-1-3-11(8(9)6-14)21-5-4-19-7-10(17-18-19)12(20)16-15/h1-3,7H,4-5,15H2,(H,16,20). The fourth-order valence-corrected chi connectivity index (χ4v) is 1.78. The number of rotatable bonds is 5. The maximum atomic E-state index is 11.2. The molecule has 9 heteroatoms. The smallest absolute Gasteiger partial charge is 0.287 e. The minimum Gasteiger partial charge on any atom is -0.490 e. The number of ether oxygens (including phenoxy) is 1. The lowest BCUT2D eigenvalue weighted by atomic mass is 10.2. The van der Waals surface area contributed by atoms with Crippen molar-refractivity contribution in [3.05, 3.63) is 40.7 Å². The van der Waals surface area contributed by atoms with Crippen molar-refractivity contribution in [3.63, 3.8) is 0 Å². The summed E-state index contributed by atoms with van der Waals surface area (Å²) in [5.74, 6) is 4.86. The van der Waals surface area contributed by atoms with E-state index in [9.17, 15) is 4.79 Å². The molecular formula is C12H11ClN6O2. The molecule has 0 atom stereocenters. The zero-order valence-electron chi connectivity index (χ0n) is 10.8. The first-order chi connectivity index (χ1) is 10.2. The molecule has 1 amide bonds. The van der Waals surface area contributed by atoms with Crippen LogP contribution in [-0.2, 0) is 6.54 Å². The molecule has 0 aliphatic carbocycles. The first-order valence-electron chi connectivity index (χ1n) is 5.88. The van der Waals surface area contributed by atoms with E-state index < -0.39 is 5.91 Å². The van der Waals surface area contributed by atoms with Crippen molar-refractivity contribution in [2.24, 2.45) is 5.84 Å². The second kappa shape index (κ2) is 6.69. The third kappa shape index (κ3) is 3.47. The molecule has 3 N–H and O–H groups in total. The van der Waals surface area contributed by atoms with Gasteiger partial charge in [-0.15, -0.1) is 5.10 Å². The van der Waals surface area contributed by atoms with E-state index in [1.165, 1.54) is 10.9 Å². The van der Waals surface area contributed by atoms with Gasteiger partial charge in [0.25, 0.3) is 5.91 Å². The Labute approximate surface area is 125 Å². The molecule has 2 rings (SSSR count). The Morgan fingerprint density at radius 3 is 3.10 bits per heavy atom. The minimum atomic E-state index is -0.524. The van der Waals surface area contributed by atoms with E-state index in [-0.39, 0.29) is 17.9 Å². The maximum absolute atomic E-state index is 11.2. The zero-order chi connectivity index (χ0) is 15.2. The van der Waals surface area contributed by atoms with Crippen LogP contribution in [0, 0.1) is 11.3 Å². The van der Waals surface area contributed by atoms with Crippen molar-refractivity contribution in [2.75, 3.05) is 6.61 Å². The largest absolute Gasteiger partial charge is 0.490 e. The van der Waals surface area contributed by atoms with Crippen LogP contribution in [0.15, 0.2) is 24.4 Å². The summed E-state index contributed by atoms with van der Waals surface area (Å²) in [7, 11) is 0. The lowest BCUT2D eigenvalue weighted by Crippen LogP contribution is -2.30. The Morgan fingerprint density at radius 2 is 2.38 bits per heavy atom. The SMILES string of the molecule is N#Cc1c(Cl)cccc1OCCn1cc(C(=O)NN)nn1. The molecule has 1 aromatic heterocycles. The van der Waals surface area contributed by atoms with Gasteiger partial charge in [-0.05, 0) is 12.1 Å². The first kappa shape index (κ1) is 14.8. The Kier molecular flexibility index (Phi) is 4.71. The van der Waals surface area contributed by atoms with Crippen molar-refractivity contribution in [3.8, 4) is 11.8 Å². The van der Waals surface area contributed by atoms with Gasteiger partial charge in [0.05, 0.1) is 17.8 Å². The van der Waals surface area contributed by atoms with Gasteiger partial charge in [0.2, 0.25) is 0 Å². The quantitative estimate of drug-likeness (QED) is 0.471. The summed E-state index contributed by atoms with van der Waals surface area (Å²) in [5, 5.41) is 16.7. The van der Waals surface area contributed by atoms with Crippen molar-refractivity contribution >= 4 is 17.5 Å². The topological polar surface area (TPSA) is 119 Å². The lowest BCUT2D eigenvalue weighted by Gasteiger charge is -2.08. The van der Waals surface area contributed by atoms with Crippen LogP contribution in [0.5, 0.6) is 5.75 Å². The molecular weight excluding hydrogens is 296 g/mol. The van der Waals surface area contributed by atoms with Crippen LogP contribution in [0.25, 0.3) is 0 Å². The molecule has 0 saturated heterocycles. The third-order valence-corrected chi connectivity index (χ3v) is 2.88. The van der Waals surface area contributed by atoms with E-state index in [1.54, 1.807) is 18.2 Å². The fourth-order valence-electron chi connectivity index (χ4n) is 1.57. The number of benzene rings is 1. The number of aromatic nitrogens is 3. The number of carbonyl (C=O) groups is 1. The summed E-state index contributed by atoms with van der Waals surface area (Å²) >= 11 is 5.89. The van der Waals surface area contributed by atoms with Gasteiger partial charge in [-0.25, -0.2) is 10.5 Å². The Hall–Kier alpha value is -2.63. The van der Waals surface area contributed by atoms with Crippen molar-refractivity contribution in [1.82, 2.24) is 20.4 Å². The fraction of sp³-hybridized carbons (Fsp3) is 0.167. The zero-order valence-corrected chi connectivity index (χ0v) is 11.5. The number of nitriles is 1. The molecule has 0 aliphatic heterocycles. The van der Waals surface area contributed by atoms with Crippen LogP contribution in [0.2, 0.25) is 5.02 Å². The number of amides is 1. The summed E-state index contributed by atoms with van der Waals surface area (Å²) in [4.78, 5) is 11.2. The molecule has 1 aromatic carbocycles. The number of hydrogen-bond donors (Lipinski definition) is 2. The summed E-state index contributed by atoms with van der Waals surface area (Å²) in [6.07, 6.45) is 1.44. The summed E-state index contributed by atoms with van der Waals surface area (Å²) in [6.45, 7) is 0.588. The van der Waals surface area contributed by atoms with Crippen LogP contribution in [0.4, 0.5) is 0 Å². The second-order valence-corrected chi connectivity index (χ2v) is 4.32. The van der Waals surface area contributed by atoms with Gasteiger partial charge >= 0.3 is 0 Å². The molecule has 21 heavy (non-hydrogen) atoms. The van der Waals surface area contributed by atoms with Gasteiger partial charge in [-0.2, -0.15) is 5.26 Å². The lowest BCUT2D eigenvalue weighted by molar-refractivity contribution is 0.0948. The number of hydrogen-bond acceptors (Lipinski definition) is 6. The van der Waals surface area contributed by atoms with Gasteiger partial charge in [-0.1, -0.05) is 22.9 Å². The van der Waals surface area contributed by atoms with Crippen LogP contribution in [0.1, 0.15) is 16.1 Å². The normalized spacial score (nSPS) is 9.95. The van der Waals surface area contributed by atoms with Crippen molar-refractivity contribution < 1.29 is 9.53 Å². The molecule has 0 saturated carbocycles. The number of nitrogens with one attached hydrogen (secondary N) is 1. The van der Waals surface area contributed by atoms with Crippen LogP contribution in [-0.4, -0.2) is 27.5 Å². The monoisotopic (exact) mass is 306 g/mol. The van der Waals surface area contributed by atoms with E-state index in [4.69, 9.17) is 27.4 Å². The van der Waals surface area contributed by atoms with Crippen LogP contribution in [0.3, 0.4) is 0 Å². The molecule has 0 fully saturated rings. The molecule has 1 heterocycles. The number of halogens is 1. The highest BCUT2D eigenvalue weighted by molar-refractivity contribution is 6.31. The predicted octanol–water partition coefficient (Wildman–Crippen LogP) is 0.486. The second-order valence-electron chi connectivity index (χ2n) is 3.91. The minimum absolute atomic E-state index is 0.109. The Balaban J connectivity index is 1.96. The van der Waals surface area contributed by atoms with E-state index in [0.29, 0.717) is 17.3 Å². The van der Waals surface area contributed by atoms with Gasteiger partial charge in [0.1, 0.15) is 24.0 Å². The Morgan fingerprint density at radius 1 is 1.57 bits per heavy atom. The van der Waals surface area contributed by atoms with Crippen LogP contribution < -0.4 is 16.0 Å². The maximum Gasteiger partial charge on any atom is 0.287 e. The van der Waals surface area contributed by atoms with E-state index in [0.717, 1.165) is 0 Å². The van der Waals surface area contributed by atoms with Crippen LogP contribution >= 0.6 is 11.6 Å². The molecule has 0 radical (unpaired) electrons. The number of carbonyl (C=O) groups excluding carboxylic acids is 1. The molecule has 0 aliphatic rings.